The molecule has 0 heterocycles. The molecule has 0 aliphatic rings. The third-order valence-electron chi connectivity index (χ3n) is 4.00. The van der Waals surface area contributed by atoms with Gasteiger partial charge in [-0.3, -0.25) is 29.3 Å². The molecule has 0 aromatic heterocycles. The van der Waals surface area contributed by atoms with E-state index in [1.807, 2.05) is 0 Å². The summed E-state index contributed by atoms with van der Waals surface area (Å²) in [5.41, 5.74) is 1.38. The summed E-state index contributed by atoms with van der Waals surface area (Å²) < 4.78 is 4.88. The van der Waals surface area contributed by atoms with E-state index >= 15 is 0 Å². The lowest BCUT2D eigenvalue weighted by Crippen LogP contribution is -2.21. The molecule has 32 heavy (non-hydrogen) atoms. The van der Waals surface area contributed by atoms with Crippen molar-refractivity contribution in [1.29, 1.82) is 0 Å². The highest BCUT2D eigenvalue weighted by atomic mass is 16.6. The minimum Gasteiger partial charge on any atom is -0.456 e. The molecule has 0 atom stereocenters. The first kappa shape index (κ1) is 24.0. The van der Waals surface area contributed by atoms with E-state index in [2.05, 4.69) is 16.0 Å². The van der Waals surface area contributed by atoms with Gasteiger partial charge in [-0.05, 0) is 42.8 Å². The van der Waals surface area contributed by atoms with Gasteiger partial charge in [-0.2, -0.15) is 0 Å². The maximum Gasteiger partial charge on any atom is 0.306 e. The van der Waals surface area contributed by atoms with Gasteiger partial charge in [0.1, 0.15) is 0 Å². The maximum atomic E-state index is 11.9. The molecule has 0 aliphatic heterocycles. The lowest BCUT2D eigenvalue weighted by atomic mass is 10.2. The van der Waals surface area contributed by atoms with Crippen molar-refractivity contribution in [3.63, 3.8) is 0 Å². The minimum atomic E-state index is -0.621. The number of benzene rings is 2. The van der Waals surface area contributed by atoms with Gasteiger partial charge in [0, 0.05) is 49.0 Å². The van der Waals surface area contributed by atoms with Gasteiger partial charge in [-0.25, -0.2) is 0 Å². The Balaban J connectivity index is 1.64. The van der Waals surface area contributed by atoms with E-state index < -0.39 is 23.4 Å². The van der Waals surface area contributed by atoms with E-state index in [0.717, 1.165) is 0 Å². The number of anilines is 3. The largest absolute Gasteiger partial charge is 0.456 e. The average Bonchev–Trinajstić information content (AvgIpc) is 2.73. The molecule has 0 unspecified atom stereocenters. The van der Waals surface area contributed by atoms with Crippen LogP contribution in [0.1, 0.15) is 26.2 Å². The van der Waals surface area contributed by atoms with Crippen LogP contribution in [-0.2, 0) is 23.9 Å². The SMILES string of the molecule is CC(=O)Nc1ccc(NC(=O)COC(=O)CCCC(=O)Nc2ccc([N+](=O)[O-])cc2)cc1. The van der Waals surface area contributed by atoms with Crippen LogP contribution >= 0.6 is 0 Å². The first-order valence-corrected chi connectivity index (χ1v) is 9.60. The Morgan fingerprint density at radius 1 is 0.812 bits per heavy atom. The Kier molecular flexibility index (Phi) is 8.84. The molecule has 2 aromatic carbocycles. The fourth-order valence-electron chi connectivity index (χ4n) is 2.54. The number of amides is 3. The van der Waals surface area contributed by atoms with Crippen molar-refractivity contribution in [2.45, 2.75) is 26.2 Å². The van der Waals surface area contributed by atoms with Crippen LogP contribution in [0.2, 0.25) is 0 Å². The van der Waals surface area contributed by atoms with Gasteiger partial charge in [-0.15, -0.1) is 0 Å². The van der Waals surface area contributed by atoms with Crippen LogP contribution in [-0.4, -0.2) is 35.2 Å². The molecule has 2 aromatic rings. The number of ether oxygens (including phenoxy) is 1. The topological polar surface area (TPSA) is 157 Å². The molecule has 0 fully saturated rings. The summed E-state index contributed by atoms with van der Waals surface area (Å²) in [5, 5.41) is 18.3. The lowest BCUT2D eigenvalue weighted by Gasteiger charge is -2.08. The summed E-state index contributed by atoms with van der Waals surface area (Å²) in [4.78, 5) is 56.5. The normalized spacial score (nSPS) is 10.0. The minimum absolute atomic E-state index is 0.0406. The van der Waals surface area contributed by atoms with Crippen LogP contribution in [0.5, 0.6) is 0 Å². The number of nitrogens with one attached hydrogen (secondary N) is 3. The molecule has 3 N–H and O–H groups in total. The van der Waals surface area contributed by atoms with E-state index in [0.29, 0.717) is 17.1 Å². The van der Waals surface area contributed by atoms with E-state index in [1.54, 1.807) is 24.3 Å². The summed E-state index contributed by atoms with van der Waals surface area (Å²) in [6.07, 6.45) is 0.204. The Morgan fingerprint density at radius 2 is 1.31 bits per heavy atom. The third kappa shape index (κ3) is 8.61. The Bertz CT molecular complexity index is 988. The van der Waals surface area contributed by atoms with E-state index in [9.17, 15) is 29.3 Å². The second kappa shape index (κ2) is 11.8. The smallest absolute Gasteiger partial charge is 0.306 e. The van der Waals surface area contributed by atoms with Crippen molar-refractivity contribution in [3.8, 4) is 0 Å². The van der Waals surface area contributed by atoms with Crippen molar-refractivity contribution < 1.29 is 28.8 Å². The Morgan fingerprint density at radius 3 is 1.84 bits per heavy atom. The van der Waals surface area contributed by atoms with Crippen LogP contribution in [0.4, 0.5) is 22.7 Å². The number of hydrogen-bond acceptors (Lipinski definition) is 7. The molecule has 11 nitrogen and oxygen atoms in total. The van der Waals surface area contributed by atoms with Gasteiger partial charge in [0.05, 0.1) is 4.92 Å². The van der Waals surface area contributed by atoms with E-state index in [-0.39, 0.29) is 36.8 Å². The van der Waals surface area contributed by atoms with Gasteiger partial charge in [0.2, 0.25) is 11.8 Å². The number of rotatable bonds is 10. The molecule has 0 bridgehead atoms. The van der Waals surface area contributed by atoms with Crippen molar-refractivity contribution in [1.82, 2.24) is 0 Å². The van der Waals surface area contributed by atoms with Gasteiger partial charge in [0.15, 0.2) is 6.61 Å². The summed E-state index contributed by atoms with van der Waals surface area (Å²) >= 11 is 0. The molecular weight excluding hydrogens is 420 g/mol. The number of nitrogens with zero attached hydrogens (tertiary/aromatic N) is 1. The number of carbonyl (C=O) groups excluding carboxylic acids is 4. The summed E-state index contributed by atoms with van der Waals surface area (Å²) in [7, 11) is 0. The van der Waals surface area contributed by atoms with Crippen molar-refractivity contribution in [3.05, 3.63) is 58.6 Å². The molecule has 2 rings (SSSR count). The molecule has 0 saturated carbocycles. The third-order valence-corrected chi connectivity index (χ3v) is 4.00. The Labute approximate surface area is 183 Å². The fourth-order valence-corrected chi connectivity index (χ4v) is 2.54. The molecule has 3 amide bonds. The summed E-state index contributed by atoms with van der Waals surface area (Å²) in [6, 6.07) is 11.8. The van der Waals surface area contributed by atoms with Crippen molar-refractivity contribution in [2.24, 2.45) is 0 Å². The highest BCUT2D eigenvalue weighted by Gasteiger charge is 2.11. The number of hydrogen-bond donors (Lipinski definition) is 3. The molecule has 168 valence electrons. The number of non-ortho nitro benzene ring substituents is 1. The molecule has 0 spiro atoms. The zero-order chi connectivity index (χ0) is 23.5. The van der Waals surface area contributed by atoms with Crippen LogP contribution < -0.4 is 16.0 Å². The summed E-state index contributed by atoms with van der Waals surface area (Å²) in [5.74, 6) is -1.71. The zero-order valence-corrected chi connectivity index (χ0v) is 17.3. The maximum absolute atomic E-state index is 11.9. The number of carbonyl (C=O) groups is 4. The molecule has 0 saturated heterocycles. The van der Waals surface area contributed by atoms with Crippen LogP contribution in [0.25, 0.3) is 0 Å². The van der Waals surface area contributed by atoms with Gasteiger partial charge in [-0.1, -0.05) is 0 Å². The Hall–Kier alpha value is -4.28. The first-order chi connectivity index (χ1) is 15.2. The molecule has 11 heteroatoms. The number of nitro groups is 1. The van der Waals surface area contributed by atoms with Crippen LogP contribution in [0.15, 0.2) is 48.5 Å². The number of nitro benzene ring substituents is 1. The van der Waals surface area contributed by atoms with Crippen molar-refractivity contribution >= 4 is 46.4 Å². The second-order valence-electron chi connectivity index (χ2n) is 6.67. The van der Waals surface area contributed by atoms with Crippen LogP contribution in [0.3, 0.4) is 0 Å². The quantitative estimate of drug-likeness (QED) is 0.290. The monoisotopic (exact) mass is 442 g/mol. The van der Waals surface area contributed by atoms with Gasteiger partial charge in [0.25, 0.3) is 11.6 Å². The van der Waals surface area contributed by atoms with E-state index in [4.69, 9.17) is 4.74 Å². The molecule has 0 aliphatic carbocycles. The summed E-state index contributed by atoms with van der Waals surface area (Å²) in [6.45, 7) is 0.913. The predicted octanol–water partition coefficient (Wildman–Crippen LogP) is 2.84. The first-order valence-electron chi connectivity index (χ1n) is 9.60. The predicted molar refractivity (Wildman–Crippen MR) is 116 cm³/mol. The van der Waals surface area contributed by atoms with Crippen LogP contribution in [0, 0.1) is 10.1 Å². The highest BCUT2D eigenvalue weighted by molar-refractivity contribution is 5.94. The second-order valence-corrected chi connectivity index (χ2v) is 6.67. The molecular formula is C21H22N4O7. The average molecular weight is 442 g/mol. The highest BCUT2D eigenvalue weighted by Crippen LogP contribution is 2.16. The van der Waals surface area contributed by atoms with E-state index in [1.165, 1.54) is 31.2 Å². The van der Waals surface area contributed by atoms with Gasteiger partial charge < -0.3 is 20.7 Å². The lowest BCUT2D eigenvalue weighted by molar-refractivity contribution is -0.384. The standard InChI is InChI=1S/C21H22N4O7/c1-14(26)22-15-5-7-16(8-6-15)24-20(28)13-32-21(29)4-2-3-19(27)23-17-9-11-18(12-10-17)25(30)31/h5-12H,2-4,13H2,1H3,(H,22,26)(H,23,27)(H,24,28). The van der Waals surface area contributed by atoms with Gasteiger partial charge >= 0.3 is 5.97 Å². The zero-order valence-electron chi connectivity index (χ0n) is 17.3. The fraction of sp³-hybridized carbons (Fsp3) is 0.238. The molecule has 0 radical (unpaired) electrons. The number of esters is 1. The van der Waals surface area contributed by atoms with Crippen molar-refractivity contribution in [2.75, 3.05) is 22.6 Å².